The first-order valence-corrected chi connectivity index (χ1v) is 6.04. The molecule has 1 aliphatic heterocycles. The van der Waals surface area contributed by atoms with Gasteiger partial charge in [0.25, 0.3) is 5.91 Å². The number of nitrogens with zero attached hydrogens (tertiary/aromatic N) is 2. The van der Waals surface area contributed by atoms with Gasteiger partial charge in [-0.25, -0.2) is 9.78 Å². The molecule has 0 spiro atoms. The summed E-state index contributed by atoms with van der Waals surface area (Å²) in [5.41, 5.74) is 1.28. The Kier molecular flexibility index (Phi) is 3.19. The number of likely N-dealkylation sites (tertiary alicyclic amines) is 1. The van der Waals surface area contributed by atoms with Crippen LogP contribution in [0.15, 0.2) is 5.51 Å². The Morgan fingerprint density at radius 1 is 1.31 bits per heavy atom. The van der Waals surface area contributed by atoms with E-state index in [0.29, 0.717) is 0 Å². The summed E-state index contributed by atoms with van der Waals surface area (Å²) in [5, 5.41) is 8.88. The summed E-state index contributed by atoms with van der Waals surface area (Å²) in [6.07, 6.45) is 3.12. The van der Waals surface area contributed by atoms with Crippen LogP contribution in [0.1, 0.15) is 39.4 Å². The van der Waals surface area contributed by atoms with Crippen molar-refractivity contribution in [2.45, 2.75) is 19.3 Å². The molecule has 0 atom stereocenters. The molecular weight excluding hydrogens is 228 g/mol. The highest BCUT2D eigenvalue weighted by molar-refractivity contribution is 7.12. The summed E-state index contributed by atoms with van der Waals surface area (Å²) < 4.78 is 0. The maximum absolute atomic E-state index is 12.0. The molecule has 0 aromatic carbocycles. The van der Waals surface area contributed by atoms with Crippen LogP contribution in [0.3, 0.4) is 0 Å². The highest BCUT2D eigenvalue weighted by atomic mass is 32.1. The molecule has 16 heavy (non-hydrogen) atoms. The zero-order valence-electron chi connectivity index (χ0n) is 8.68. The Bertz CT molecular complexity index is 410. The summed E-state index contributed by atoms with van der Waals surface area (Å²) in [4.78, 5) is 28.5. The second kappa shape index (κ2) is 4.61. The number of carboxylic acid groups (broad SMARTS) is 1. The number of rotatable bonds is 2. The number of amides is 1. The monoisotopic (exact) mass is 240 g/mol. The van der Waals surface area contributed by atoms with Crippen molar-refractivity contribution in [1.82, 2.24) is 9.88 Å². The molecule has 0 saturated carbocycles. The van der Waals surface area contributed by atoms with E-state index < -0.39 is 5.97 Å². The zero-order valence-corrected chi connectivity index (χ0v) is 9.50. The van der Waals surface area contributed by atoms with Crippen LogP contribution >= 0.6 is 11.3 Å². The van der Waals surface area contributed by atoms with Gasteiger partial charge in [0.05, 0.1) is 5.51 Å². The van der Waals surface area contributed by atoms with Gasteiger partial charge in [-0.2, -0.15) is 0 Å². The lowest BCUT2D eigenvalue weighted by molar-refractivity contribution is 0.0664. The maximum atomic E-state index is 12.0. The Balaban J connectivity index is 2.19. The zero-order chi connectivity index (χ0) is 11.5. The van der Waals surface area contributed by atoms with Crippen LogP contribution < -0.4 is 0 Å². The molecule has 2 heterocycles. The number of aromatic nitrogens is 1. The molecule has 86 valence electrons. The molecule has 1 saturated heterocycles. The molecule has 0 bridgehead atoms. The van der Waals surface area contributed by atoms with E-state index in [0.717, 1.165) is 43.7 Å². The average Bonchev–Trinajstić information content (AvgIpc) is 2.78. The summed E-state index contributed by atoms with van der Waals surface area (Å²) in [7, 11) is 0. The molecule has 5 nitrogen and oxygen atoms in total. The molecule has 0 aliphatic carbocycles. The van der Waals surface area contributed by atoms with Gasteiger partial charge < -0.3 is 10.0 Å². The third-order valence-corrected chi connectivity index (χ3v) is 3.42. The summed E-state index contributed by atoms with van der Waals surface area (Å²) >= 11 is 1.10. The van der Waals surface area contributed by atoms with E-state index in [1.807, 2.05) is 0 Å². The number of carboxylic acids is 1. The highest BCUT2D eigenvalue weighted by Gasteiger charge is 2.25. The standard InChI is InChI=1S/C10H12N2O3S/c13-9(12-4-2-1-3-5-12)8-7(10(14)15)11-6-16-8/h6H,1-5H2,(H,14,15). The Hall–Kier alpha value is -1.43. The number of thiazole rings is 1. The number of hydrogen-bond acceptors (Lipinski definition) is 4. The van der Waals surface area contributed by atoms with Crippen molar-refractivity contribution in [3.05, 3.63) is 16.1 Å². The van der Waals surface area contributed by atoms with Crippen molar-refractivity contribution in [3.8, 4) is 0 Å². The number of hydrogen-bond donors (Lipinski definition) is 1. The van der Waals surface area contributed by atoms with Gasteiger partial charge in [-0.05, 0) is 19.3 Å². The van der Waals surface area contributed by atoms with Gasteiger partial charge in [0, 0.05) is 13.1 Å². The van der Waals surface area contributed by atoms with Gasteiger partial charge in [0.2, 0.25) is 0 Å². The number of carbonyl (C=O) groups excluding carboxylic acids is 1. The molecule has 1 fully saturated rings. The van der Waals surface area contributed by atoms with Gasteiger partial charge in [0.1, 0.15) is 4.88 Å². The summed E-state index contributed by atoms with van der Waals surface area (Å²) in [6.45, 7) is 1.44. The molecule has 1 N–H and O–H groups in total. The van der Waals surface area contributed by atoms with Gasteiger partial charge in [-0.3, -0.25) is 4.79 Å². The lowest BCUT2D eigenvalue weighted by Gasteiger charge is -2.26. The lowest BCUT2D eigenvalue weighted by atomic mass is 10.1. The fourth-order valence-corrected chi connectivity index (χ4v) is 2.54. The fraction of sp³-hybridized carbons (Fsp3) is 0.500. The van der Waals surface area contributed by atoms with Crippen LogP contribution in [0.4, 0.5) is 0 Å². The predicted octanol–water partition coefficient (Wildman–Crippen LogP) is 1.47. The second-order valence-corrected chi connectivity index (χ2v) is 4.54. The molecule has 1 aliphatic rings. The molecule has 1 amide bonds. The van der Waals surface area contributed by atoms with E-state index in [4.69, 9.17) is 5.11 Å². The van der Waals surface area contributed by atoms with Crippen molar-refractivity contribution in [2.24, 2.45) is 0 Å². The smallest absolute Gasteiger partial charge is 0.356 e. The normalized spacial score (nSPS) is 16.1. The third kappa shape index (κ3) is 2.06. The quantitative estimate of drug-likeness (QED) is 0.849. The minimum Gasteiger partial charge on any atom is -0.476 e. The molecular formula is C10H12N2O3S. The largest absolute Gasteiger partial charge is 0.476 e. The fourth-order valence-electron chi connectivity index (χ4n) is 1.79. The van der Waals surface area contributed by atoms with E-state index in [-0.39, 0.29) is 16.5 Å². The van der Waals surface area contributed by atoms with Crippen molar-refractivity contribution in [2.75, 3.05) is 13.1 Å². The van der Waals surface area contributed by atoms with E-state index in [1.165, 1.54) is 5.51 Å². The number of piperidine rings is 1. The van der Waals surface area contributed by atoms with Crippen molar-refractivity contribution in [3.63, 3.8) is 0 Å². The first-order chi connectivity index (χ1) is 7.70. The summed E-state index contributed by atoms with van der Waals surface area (Å²) in [6, 6.07) is 0. The number of aromatic carboxylic acids is 1. The van der Waals surface area contributed by atoms with Gasteiger partial charge >= 0.3 is 5.97 Å². The number of carbonyl (C=O) groups is 2. The molecule has 0 radical (unpaired) electrons. The van der Waals surface area contributed by atoms with Crippen LogP contribution in [0.5, 0.6) is 0 Å². The van der Waals surface area contributed by atoms with Crippen LogP contribution in [0, 0.1) is 0 Å². The summed E-state index contributed by atoms with van der Waals surface area (Å²) in [5.74, 6) is -1.33. The van der Waals surface area contributed by atoms with E-state index >= 15 is 0 Å². The van der Waals surface area contributed by atoms with Crippen LogP contribution in [0.2, 0.25) is 0 Å². The highest BCUT2D eigenvalue weighted by Crippen LogP contribution is 2.19. The first-order valence-electron chi connectivity index (χ1n) is 5.16. The van der Waals surface area contributed by atoms with Crippen LogP contribution in [-0.4, -0.2) is 40.0 Å². The van der Waals surface area contributed by atoms with E-state index in [2.05, 4.69) is 4.98 Å². The lowest BCUT2D eigenvalue weighted by Crippen LogP contribution is -2.35. The Labute approximate surface area is 96.7 Å². The van der Waals surface area contributed by atoms with Gasteiger partial charge in [-0.15, -0.1) is 11.3 Å². The van der Waals surface area contributed by atoms with E-state index in [1.54, 1.807) is 4.90 Å². The topological polar surface area (TPSA) is 70.5 Å². The molecule has 1 aromatic rings. The predicted molar refractivity (Wildman–Crippen MR) is 58.8 cm³/mol. The Morgan fingerprint density at radius 2 is 2.00 bits per heavy atom. The minimum atomic E-state index is -1.14. The second-order valence-electron chi connectivity index (χ2n) is 3.69. The van der Waals surface area contributed by atoms with Gasteiger partial charge in [-0.1, -0.05) is 0 Å². The van der Waals surface area contributed by atoms with Gasteiger partial charge in [0.15, 0.2) is 5.69 Å². The maximum Gasteiger partial charge on any atom is 0.356 e. The molecule has 6 heteroatoms. The average molecular weight is 240 g/mol. The SMILES string of the molecule is O=C(O)c1ncsc1C(=O)N1CCCCC1. The molecule has 0 unspecified atom stereocenters. The minimum absolute atomic E-state index is 0.124. The van der Waals surface area contributed by atoms with Crippen molar-refractivity contribution in [1.29, 1.82) is 0 Å². The first kappa shape index (κ1) is 11.1. The molecule has 2 rings (SSSR count). The Morgan fingerprint density at radius 3 is 2.62 bits per heavy atom. The van der Waals surface area contributed by atoms with Crippen LogP contribution in [0.25, 0.3) is 0 Å². The molecule has 1 aromatic heterocycles. The van der Waals surface area contributed by atoms with Crippen molar-refractivity contribution < 1.29 is 14.7 Å². The third-order valence-electron chi connectivity index (χ3n) is 2.61. The van der Waals surface area contributed by atoms with Crippen LogP contribution in [-0.2, 0) is 0 Å². The van der Waals surface area contributed by atoms with E-state index in [9.17, 15) is 9.59 Å². The van der Waals surface area contributed by atoms with Crippen molar-refractivity contribution >= 4 is 23.2 Å².